The largest absolute Gasteiger partial charge is 0.478 e. The summed E-state index contributed by atoms with van der Waals surface area (Å²) in [6.07, 6.45) is 0. The molecule has 0 spiro atoms. The third kappa shape index (κ3) is 3.26. The van der Waals surface area contributed by atoms with Crippen LogP contribution in [-0.4, -0.2) is 29.1 Å². The Hall–Kier alpha value is -3.42. The Balaban J connectivity index is 2.57. The number of ether oxygens (including phenoxy) is 1. The van der Waals surface area contributed by atoms with Crippen molar-refractivity contribution in [3.05, 3.63) is 63.7 Å². The molecular formula is C15H12N2O6. The molecule has 0 fully saturated rings. The first kappa shape index (κ1) is 16.0. The van der Waals surface area contributed by atoms with Crippen molar-refractivity contribution in [2.45, 2.75) is 0 Å². The number of hydrogen-bond acceptors (Lipinski definition) is 6. The maximum atomic E-state index is 11.9. The summed E-state index contributed by atoms with van der Waals surface area (Å²) < 4.78 is 4.58. The molecule has 0 bridgehead atoms. The highest BCUT2D eigenvalue weighted by Gasteiger charge is 2.25. The van der Waals surface area contributed by atoms with Crippen molar-refractivity contribution < 1.29 is 24.4 Å². The summed E-state index contributed by atoms with van der Waals surface area (Å²) in [5, 5.41) is 23.0. The van der Waals surface area contributed by atoms with Gasteiger partial charge in [-0.2, -0.15) is 0 Å². The van der Waals surface area contributed by atoms with Gasteiger partial charge in [0, 0.05) is 6.07 Å². The zero-order chi connectivity index (χ0) is 17.0. The van der Waals surface area contributed by atoms with Crippen LogP contribution >= 0.6 is 0 Å². The Bertz CT molecular complexity index is 787. The number of nitrogens with zero attached hydrogens (tertiary/aromatic N) is 1. The number of nitrogens with one attached hydrogen (secondary N) is 1. The monoisotopic (exact) mass is 316 g/mol. The third-order valence-corrected chi connectivity index (χ3v) is 3.06. The van der Waals surface area contributed by atoms with Crippen LogP contribution < -0.4 is 5.32 Å². The SMILES string of the molecule is COC(=O)c1c(Nc2ccccc2C(=O)O)cccc1[N+](=O)[O-]. The number of carboxylic acids is 1. The van der Waals surface area contributed by atoms with Gasteiger partial charge in [0.1, 0.15) is 0 Å². The molecule has 8 heteroatoms. The molecule has 0 saturated heterocycles. The predicted molar refractivity (Wildman–Crippen MR) is 81.1 cm³/mol. The van der Waals surface area contributed by atoms with Crippen molar-refractivity contribution >= 4 is 29.0 Å². The molecule has 0 saturated carbocycles. The Labute approximate surface area is 130 Å². The second kappa shape index (κ2) is 6.56. The first-order valence-corrected chi connectivity index (χ1v) is 6.40. The van der Waals surface area contributed by atoms with Crippen LogP contribution in [0.5, 0.6) is 0 Å². The van der Waals surface area contributed by atoms with Crippen molar-refractivity contribution in [3.63, 3.8) is 0 Å². The smallest absolute Gasteiger partial charge is 0.347 e. The molecule has 0 aliphatic carbocycles. The van der Waals surface area contributed by atoms with Gasteiger partial charge in [-0.1, -0.05) is 18.2 Å². The van der Waals surface area contributed by atoms with Gasteiger partial charge in [0.25, 0.3) is 5.69 Å². The minimum absolute atomic E-state index is 0.0326. The van der Waals surface area contributed by atoms with E-state index in [-0.39, 0.29) is 22.5 Å². The van der Waals surface area contributed by atoms with Crippen LogP contribution in [0, 0.1) is 10.1 Å². The molecule has 8 nitrogen and oxygen atoms in total. The topological polar surface area (TPSA) is 119 Å². The van der Waals surface area contributed by atoms with Crippen molar-refractivity contribution in [3.8, 4) is 0 Å². The van der Waals surface area contributed by atoms with E-state index in [1.165, 1.54) is 30.3 Å². The fraction of sp³-hybridized carbons (Fsp3) is 0.0667. The van der Waals surface area contributed by atoms with Crippen LogP contribution in [0.25, 0.3) is 0 Å². The molecule has 0 atom stereocenters. The molecule has 118 valence electrons. The molecule has 23 heavy (non-hydrogen) atoms. The minimum atomic E-state index is -1.17. The second-order valence-electron chi connectivity index (χ2n) is 4.42. The van der Waals surface area contributed by atoms with Crippen LogP contribution in [0.3, 0.4) is 0 Å². The minimum Gasteiger partial charge on any atom is -0.478 e. The molecule has 2 rings (SSSR count). The average molecular weight is 316 g/mol. The van der Waals surface area contributed by atoms with E-state index >= 15 is 0 Å². The van der Waals surface area contributed by atoms with E-state index in [1.807, 2.05) is 0 Å². The quantitative estimate of drug-likeness (QED) is 0.494. The number of carbonyl (C=O) groups excluding carboxylic acids is 1. The maximum Gasteiger partial charge on any atom is 0.347 e. The number of benzene rings is 2. The number of methoxy groups -OCH3 is 1. The first-order valence-electron chi connectivity index (χ1n) is 6.40. The van der Waals surface area contributed by atoms with Gasteiger partial charge in [-0.15, -0.1) is 0 Å². The van der Waals surface area contributed by atoms with E-state index in [1.54, 1.807) is 12.1 Å². The summed E-state index contributed by atoms with van der Waals surface area (Å²) in [7, 11) is 1.11. The highest BCUT2D eigenvalue weighted by Crippen LogP contribution is 2.30. The van der Waals surface area contributed by atoms with E-state index in [9.17, 15) is 24.8 Å². The Morgan fingerprint density at radius 3 is 2.39 bits per heavy atom. The number of nitro groups is 1. The van der Waals surface area contributed by atoms with Gasteiger partial charge in [-0.05, 0) is 18.2 Å². The van der Waals surface area contributed by atoms with Crippen LogP contribution in [0.4, 0.5) is 17.1 Å². The van der Waals surface area contributed by atoms with E-state index < -0.39 is 22.5 Å². The van der Waals surface area contributed by atoms with Crippen molar-refractivity contribution in [1.82, 2.24) is 0 Å². The van der Waals surface area contributed by atoms with Crippen LogP contribution in [0.1, 0.15) is 20.7 Å². The zero-order valence-corrected chi connectivity index (χ0v) is 12.0. The van der Waals surface area contributed by atoms with Crippen molar-refractivity contribution in [2.24, 2.45) is 0 Å². The molecule has 2 N–H and O–H groups in total. The Kier molecular flexibility index (Phi) is 4.55. The molecule has 0 aliphatic rings. The number of anilines is 2. The number of esters is 1. The summed E-state index contributed by atoms with van der Waals surface area (Å²) >= 11 is 0. The number of hydrogen-bond donors (Lipinski definition) is 2. The first-order chi connectivity index (χ1) is 11.0. The fourth-order valence-corrected chi connectivity index (χ4v) is 2.04. The molecule has 0 aromatic heterocycles. The lowest BCUT2D eigenvalue weighted by atomic mass is 10.1. The molecule has 2 aromatic rings. The summed E-state index contributed by atoms with van der Waals surface area (Å²) in [6, 6.07) is 9.99. The highest BCUT2D eigenvalue weighted by atomic mass is 16.6. The van der Waals surface area contributed by atoms with Gasteiger partial charge < -0.3 is 15.2 Å². The lowest BCUT2D eigenvalue weighted by Crippen LogP contribution is -2.10. The molecule has 2 aromatic carbocycles. The second-order valence-corrected chi connectivity index (χ2v) is 4.42. The fourth-order valence-electron chi connectivity index (χ4n) is 2.04. The van der Waals surface area contributed by atoms with Gasteiger partial charge in [-0.25, -0.2) is 9.59 Å². The summed E-state index contributed by atoms with van der Waals surface area (Å²) in [4.78, 5) is 33.5. The number of rotatable bonds is 5. The third-order valence-electron chi connectivity index (χ3n) is 3.06. The highest BCUT2D eigenvalue weighted by molar-refractivity contribution is 6.02. The number of carbonyl (C=O) groups is 2. The standard InChI is InChI=1S/C15H12N2O6/c1-23-15(20)13-11(7-4-8-12(13)17(21)22)16-10-6-3-2-5-9(10)14(18)19/h2-8,16H,1H3,(H,18,19). The average Bonchev–Trinajstić information content (AvgIpc) is 2.54. The lowest BCUT2D eigenvalue weighted by Gasteiger charge is -2.12. The van der Waals surface area contributed by atoms with Crippen molar-refractivity contribution in [2.75, 3.05) is 12.4 Å². The van der Waals surface area contributed by atoms with Crippen LogP contribution in [-0.2, 0) is 4.74 Å². The van der Waals surface area contributed by atoms with E-state index in [4.69, 9.17) is 0 Å². The number of nitro benzene ring substituents is 1. The zero-order valence-electron chi connectivity index (χ0n) is 12.0. The molecule has 0 amide bonds. The summed E-state index contributed by atoms with van der Waals surface area (Å²) in [5.41, 5.74) is -0.463. The molecule has 0 unspecified atom stereocenters. The Morgan fingerprint density at radius 1 is 1.13 bits per heavy atom. The van der Waals surface area contributed by atoms with Gasteiger partial charge >= 0.3 is 11.9 Å². The number of carboxylic acid groups (broad SMARTS) is 1. The molecule has 0 aliphatic heterocycles. The van der Waals surface area contributed by atoms with E-state index in [0.29, 0.717) is 0 Å². The summed E-state index contributed by atoms with van der Waals surface area (Å²) in [6.45, 7) is 0. The normalized spacial score (nSPS) is 9.96. The maximum absolute atomic E-state index is 11.9. The van der Waals surface area contributed by atoms with Crippen LogP contribution in [0.2, 0.25) is 0 Å². The van der Waals surface area contributed by atoms with Gasteiger partial charge in [0.15, 0.2) is 5.56 Å². The predicted octanol–water partition coefficient (Wildman–Crippen LogP) is 2.82. The number of para-hydroxylation sites is 1. The summed E-state index contributed by atoms with van der Waals surface area (Å²) in [5.74, 6) is -2.06. The lowest BCUT2D eigenvalue weighted by molar-refractivity contribution is -0.385. The van der Waals surface area contributed by atoms with Crippen molar-refractivity contribution in [1.29, 1.82) is 0 Å². The van der Waals surface area contributed by atoms with Gasteiger partial charge in [0.2, 0.25) is 0 Å². The van der Waals surface area contributed by atoms with Crippen LogP contribution in [0.15, 0.2) is 42.5 Å². The molecule has 0 heterocycles. The molecule has 0 radical (unpaired) electrons. The molecular weight excluding hydrogens is 304 g/mol. The van der Waals surface area contributed by atoms with E-state index in [2.05, 4.69) is 10.1 Å². The van der Waals surface area contributed by atoms with Gasteiger partial charge in [0.05, 0.1) is 29.0 Å². The van der Waals surface area contributed by atoms with E-state index in [0.717, 1.165) is 7.11 Å². The number of aromatic carboxylic acids is 1. The Morgan fingerprint density at radius 2 is 1.78 bits per heavy atom. The van der Waals surface area contributed by atoms with Gasteiger partial charge in [-0.3, -0.25) is 10.1 Å².